The van der Waals surface area contributed by atoms with Gasteiger partial charge in [-0.2, -0.15) is 5.26 Å². The lowest BCUT2D eigenvalue weighted by atomic mass is 9.74. The molecule has 1 heterocycles. The number of likely N-dealkylation sites (tertiary alicyclic amines) is 1. The highest BCUT2D eigenvalue weighted by molar-refractivity contribution is 5.33. The largest absolute Gasteiger partial charge is 0.391 e. The minimum atomic E-state index is -0.373. The Bertz CT molecular complexity index is 670. The molecular formula is C21H24N2O. The molecule has 2 aromatic rings. The summed E-state index contributed by atoms with van der Waals surface area (Å²) in [5.41, 5.74) is 1.91. The average molecular weight is 320 g/mol. The van der Waals surface area contributed by atoms with E-state index in [0.29, 0.717) is 13.0 Å². The third kappa shape index (κ3) is 3.84. The molecule has 3 rings (SSSR count). The lowest BCUT2D eigenvalue weighted by molar-refractivity contribution is 0.0899. The van der Waals surface area contributed by atoms with E-state index in [1.807, 2.05) is 36.4 Å². The maximum Gasteiger partial charge on any atom is 0.0846 e. The molecule has 1 unspecified atom stereocenters. The molecule has 0 spiro atoms. The molecule has 1 N–H and O–H groups in total. The normalized spacial score (nSPS) is 18.7. The lowest BCUT2D eigenvalue weighted by Crippen LogP contribution is -2.44. The van der Waals surface area contributed by atoms with Gasteiger partial charge in [-0.25, -0.2) is 0 Å². The number of aliphatic hydroxyl groups excluding tert-OH is 1. The molecule has 24 heavy (non-hydrogen) atoms. The van der Waals surface area contributed by atoms with Crippen molar-refractivity contribution in [3.63, 3.8) is 0 Å². The standard InChI is InChI=1S/C21H24N2O/c22-17-21(19-9-5-2-6-10-19)11-13-23(14-12-21)16-20(24)15-18-7-3-1-4-8-18/h1-10,20,24H,11-16H2. The van der Waals surface area contributed by atoms with Crippen LogP contribution in [0.5, 0.6) is 0 Å². The van der Waals surface area contributed by atoms with Gasteiger partial charge in [-0.15, -0.1) is 0 Å². The molecule has 1 saturated heterocycles. The highest BCUT2D eigenvalue weighted by atomic mass is 16.3. The van der Waals surface area contributed by atoms with Crippen LogP contribution >= 0.6 is 0 Å². The predicted octanol–water partition coefficient (Wildman–Crippen LogP) is 3.15. The molecule has 0 amide bonds. The zero-order chi connectivity index (χ0) is 16.8. The summed E-state index contributed by atoms with van der Waals surface area (Å²) >= 11 is 0. The minimum Gasteiger partial charge on any atom is -0.391 e. The third-order valence-electron chi connectivity index (χ3n) is 5.03. The fourth-order valence-corrected chi connectivity index (χ4v) is 3.59. The van der Waals surface area contributed by atoms with E-state index in [4.69, 9.17) is 0 Å². The monoisotopic (exact) mass is 320 g/mol. The van der Waals surface area contributed by atoms with Crippen LogP contribution in [-0.4, -0.2) is 35.7 Å². The molecule has 124 valence electrons. The van der Waals surface area contributed by atoms with E-state index in [0.717, 1.165) is 37.1 Å². The lowest BCUT2D eigenvalue weighted by Gasteiger charge is -2.38. The molecule has 1 fully saturated rings. The Hall–Kier alpha value is -2.15. The van der Waals surface area contributed by atoms with Crippen LogP contribution in [0.25, 0.3) is 0 Å². The predicted molar refractivity (Wildman–Crippen MR) is 95.6 cm³/mol. The van der Waals surface area contributed by atoms with Crippen LogP contribution in [-0.2, 0) is 11.8 Å². The number of hydrogen-bond donors (Lipinski definition) is 1. The van der Waals surface area contributed by atoms with Crippen LogP contribution in [0, 0.1) is 11.3 Å². The summed E-state index contributed by atoms with van der Waals surface area (Å²) in [6.07, 6.45) is 1.97. The SMILES string of the molecule is N#CC1(c2ccccc2)CCN(CC(O)Cc2ccccc2)CC1. The number of rotatable bonds is 5. The van der Waals surface area contributed by atoms with Crippen molar-refractivity contribution < 1.29 is 5.11 Å². The van der Waals surface area contributed by atoms with E-state index in [1.54, 1.807) is 0 Å². The van der Waals surface area contributed by atoms with Gasteiger partial charge in [-0.3, -0.25) is 0 Å². The van der Waals surface area contributed by atoms with Crippen LogP contribution in [0.3, 0.4) is 0 Å². The summed E-state index contributed by atoms with van der Waals surface area (Å²) in [7, 11) is 0. The minimum absolute atomic E-state index is 0.362. The zero-order valence-corrected chi connectivity index (χ0v) is 13.9. The van der Waals surface area contributed by atoms with Gasteiger partial charge in [-0.05, 0) is 30.4 Å². The molecule has 0 aromatic heterocycles. The fourth-order valence-electron chi connectivity index (χ4n) is 3.59. The topological polar surface area (TPSA) is 47.3 Å². The van der Waals surface area contributed by atoms with Crippen molar-refractivity contribution in [1.29, 1.82) is 5.26 Å². The van der Waals surface area contributed by atoms with Crippen LogP contribution in [0.1, 0.15) is 24.0 Å². The van der Waals surface area contributed by atoms with E-state index >= 15 is 0 Å². The molecule has 0 bridgehead atoms. The maximum absolute atomic E-state index is 10.4. The fraction of sp³-hybridized carbons (Fsp3) is 0.381. The number of nitrogens with zero attached hydrogens (tertiary/aromatic N) is 2. The Labute approximate surface area is 144 Å². The van der Waals surface area contributed by atoms with Gasteiger partial charge in [-0.1, -0.05) is 60.7 Å². The second-order valence-corrected chi connectivity index (χ2v) is 6.70. The summed E-state index contributed by atoms with van der Waals surface area (Å²) in [4.78, 5) is 2.28. The van der Waals surface area contributed by atoms with Crippen LogP contribution in [0.15, 0.2) is 60.7 Å². The molecule has 2 aromatic carbocycles. The molecular weight excluding hydrogens is 296 g/mol. The number of β-amino-alcohol motifs (C(OH)–C–C–N with tert-alkyl or cyclic N) is 1. The summed E-state index contributed by atoms with van der Waals surface area (Å²) in [5.74, 6) is 0. The first-order valence-electron chi connectivity index (χ1n) is 8.63. The molecule has 0 aliphatic carbocycles. The van der Waals surface area contributed by atoms with E-state index in [2.05, 4.69) is 35.2 Å². The van der Waals surface area contributed by atoms with E-state index in [9.17, 15) is 10.4 Å². The van der Waals surface area contributed by atoms with Gasteiger partial charge in [0.1, 0.15) is 0 Å². The highest BCUT2D eigenvalue weighted by Crippen LogP contribution is 2.34. The molecule has 0 saturated carbocycles. The van der Waals surface area contributed by atoms with Crippen molar-refractivity contribution in [3.05, 3.63) is 71.8 Å². The second-order valence-electron chi connectivity index (χ2n) is 6.70. The van der Waals surface area contributed by atoms with E-state index in [-0.39, 0.29) is 11.5 Å². The van der Waals surface area contributed by atoms with Crippen molar-refractivity contribution in [2.24, 2.45) is 0 Å². The number of aliphatic hydroxyl groups is 1. The molecule has 3 nitrogen and oxygen atoms in total. The van der Waals surface area contributed by atoms with Crippen molar-refractivity contribution in [1.82, 2.24) is 4.90 Å². The average Bonchev–Trinajstić information content (AvgIpc) is 2.64. The van der Waals surface area contributed by atoms with Gasteiger partial charge < -0.3 is 10.0 Å². The van der Waals surface area contributed by atoms with Crippen molar-refractivity contribution in [2.45, 2.75) is 30.8 Å². The molecule has 1 aliphatic rings. The van der Waals surface area contributed by atoms with Crippen LogP contribution < -0.4 is 0 Å². The quantitative estimate of drug-likeness (QED) is 0.920. The smallest absolute Gasteiger partial charge is 0.0846 e. The van der Waals surface area contributed by atoms with Crippen molar-refractivity contribution in [3.8, 4) is 6.07 Å². The van der Waals surface area contributed by atoms with Gasteiger partial charge in [0.05, 0.1) is 17.6 Å². The first kappa shape index (κ1) is 16.7. The molecule has 1 aliphatic heterocycles. The highest BCUT2D eigenvalue weighted by Gasteiger charge is 2.36. The van der Waals surface area contributed by atoms with E-state index < -0.39 is 0 Å². The Kier molecular flexibility index (Phi) is 5.30. The number of benzene rings is 2. The first-order chi connectivity index (χ1) is 11.7. The van der Waals surface area contributed by atoms with Crippen molar-refractivity contribution in [2.75, 3.05) is 19.6 Å². The summed E-state index contributed by atoms with van der Waals surface area (Å²) in [5, 5.41) is 20.1. The Balaban J connectivity index is 1.56. The van der Waals surface area contributed by atoms with Gasteiger partial charge >= 0.3 is 0 Å². The summed E-state index contributed by atoms with van der Waals surface area (Å²) < 4.78 is 0. The van der Waals surface area contributed by atoms with Crippen LogP contribution in [0.2, 0.25) is 0 Å². The van der Waals surface area contributed by atoms with Gasteiger partial charge in [0.2, 0.25) is 0 Å². The maximum atomic E-state index is 10.4. The summed E-state index contributed by atoms with van der Waals surface area (Å²) in [6.45, 7) is 2.38. The van der Waals surface area contributed by atoms with Gasteiger partial charge in [0, 0.05) is 19.6 Å². The van der Waals surface area contributed by atoms with E-state index in [1.165, 1.54) is 0 Å². The zero-order valence-electron chi connectivity index (χ0n) is 13.9. The van der Waals surface area contributed by atoms with Crippen molar-refractivity contribution >= 4 is 0 Å². The third-order valence-corrected chi connectivity index (χ3v) is 5.03. The first-order valence-corrected chi connectivity index (χ1v) is 8.63. The Morgan fingerprint density at radius 2 is 1.58 bits per heavy atom. The Morgan fingerprint density at radius 3 is 2.17 bits per heavy atom. The molecule has 1 atom stereocenters. The number of hydrogen-bond acceptors (Lipinski definition) is 3. The van der Waals surface area contributed by atoms with Gasteiger partial charge in [0.15, 0.2) is 0 Å². The number of nitriles is 1. The summed E-state index contributed by atoms with van der Waals surface area (Å²) in [6, 6.07) is 22.8. The second kappa shape index (κ2) is 7.61. The van der Waals surface area contributed by atoms with Crippen LogP contribution in [0.4, 0.5) is 0 Å². The van der Waals surface area contributed by atoms with Gasteiger partial charge in [0.25, 0.3) is 0 Å². The molecule has 0 radical (unpaired) electrons. The Morgan fingerprint density at radius 1 is 1.00 bits per heavy atom. The number of piperidine rings is 1. The molecule has 3 heteroatoms.